The lowest BCUT2D eigenvalue weighted by molar-refractivity contribution is 0.0952. The summed E-state index contributed by atoms with van der Waals surface area (Å²) in [4.78, 5) is 12.7. The lowest BCUT2D eigenvalue weighted by Gasteiger charge is -2.10. The molecule has 0 saturated carbocycles. The van der Waals surface area contributed by atoms with Crippen molar-refractivity contribution in [2.45, 2.75) is 26.8 Å². The Morgan fingerprint density at radius 2 is 1.79 bits per heavy atom. The highest BCUT2D eigenvalue weighted by molar-refractivity contribution is 6.31. The highest BCUT2D eigenvalue weighted by atomic mass is 35.5. The van der Waals surface area contributed by atoms with Gasteiger partial charge in [0.1, 0.15) is 5.75 Å². The van der Waals surface area contributed by atoms with Gasteiger partial charge in [-0.15, -0.1) is 0 Å². The van der Waals surface area contributed by atoms with Gasteiger partial charge in [-0.3, -0.25) is 9.48 Å². The van der Waals surface area contributed by atoms with E-state index >= 15 is 0 Å². The lowest BCUT2D eigenvalue weighted by atomic mass is 10.1. The molecular weight excluding hydrogens is 374 g/mol. The number of benzene rings is 2. The first kappa shape index (κ1) is 20.0. The number of halogens is 1. The summed E-state index contributed by atoms with van der Waals surface area (Å²) in [6.45, 7) is 4.81. The highest BCUT2D eigenvalue weighted by Crippen LogP contribution is 2.20. The number of ether oxygens (including phenoxy) is 1. The second-order valence-electron chi connectivity index (χ2n) is 6.61. The van der Waals surface area contributed by atoms with Gasteiger partial charge in [0.2, 0.25) is 0 Å². The van der Waals surface area contributed by atoms with Crippen molar-refractivity contribution >= 4 is 17.5 Å². The van der Waals surface area contributed by atoms with Crippen LogP contribution in [-0.2, 0) is 13.0 Å². The van der Waals surface area contributed by atoms with Crippen LogP contribution in [0.25, 0.3) is 0 Å². The van der Waals surface area contributed by atoms with Crippen LogP contribution in [0.4, 0.5) is 0 Å². The summed E-state index contributed by atoms with van der Waals surface area (Å²) < 4.78 is 7.18. The lowest BCUT2D eigenvalue weighted by Crippen LogP contribution is -2.26. The van der Waals surface area contributed by atoms with Gasteiger partial charge in [-0.25, -0.2) is 0 Å². The number of nitrogens with one attached hydrogen (secondary N) is 1. The number of hydrogen-bond acceptors (Lipinski definition) is 3. The Labute approximate surface area is 170 Å². The van der Waals surface area contributed by atoms with Gasteiger partial charge in [0, 0.05) is 17.3 Å². The average molecular weight is 398 g/mol. The Hall–Kier alpha value is -2.79. The molecule has 0 fully saturated rings. The van der Waals surface area contributed by atoms with Crippen molar-refractivity contribution in [3.8, 4) is 5.75 Å². The van der Waals surface area contributed by atoms with Crippen LogP contribution in [0.5, 0.6) is 5.75 Å². The van der Waals surface area contributed by atoms with E-state index < -0.39 is 0 Å². The predicted octanol–water partition coefficient (Wildman–Crippen LogP) is 4.18. The average Bonchev–Trinajstić information content (AvgIpc) is 2.97. The SMILES string of the molecule is COc1ccccc1CCNC(=O)c1c(C)nn(Cc2ccccc2Cl)c1C. The molecular formula is C22H24ClN3O2. The van der Waals surface area contributed by atoms with E-state index in [9.17, 15) is 4.79 Å². The molecule has 0 atom stereocenters. The number of methoxy groups -OCH3 is 1. The smallest absolute Gasteiger partial charge is 0.255 e. The quantitative estimate of drug-likeness (QED) is 0.650. The fraction of sp³-hybridized carbons (Fsp3) is 0.273. The van der Waals surface area contributed by atoms with Gasteiger partial charge < -0.3 is 10.1 Å². The summed E-state index contributed by atoms with van der Waals surface area (Å²) in [5.41, 5.74) is 4.18. The molecule has 1 heterocycles. The number of aromatic nitrogens is 2. The predicted molar refractivity (Wildman–Crippen MR) is 111 cm³/mol. The van der Waals surface area contributed by atoms with Gasteiger partial charge >= 0.3 is 0 Å². The van der Waals surface area contributed by atoms with Crippen LogP contribution < -0.4 is 10.1 Å². The normalized spacial score (nSPS) is 10.7. The van der Waals surface area contributed by atoms with Crippen molar-refractivity contribution < 1.29 is 9.53 Å². The number of nitrogens with zero attached hydrogens (tertiary/aromatic N) is 2. The second-order valence-corrected chi connectivity index (χ2v) is 7.02. The van der Waals surface area contributed by atoms with E-state index in [2.05, 4.69) is 10.4 Å². The zero-order chi connectivity index (χ0) is 20.1. The zero-order valence-corrected chi connectivity index (χ0v) is 17.1. The van der Waals surface area contributed by atoms with E-state index in [-0.39, 0.29) is 5.91 Å². The van der Waals surface area contributed by atoms with E-state index in [1.165, 1.54) is 0 Å². The molecule has 6 heteroatoms. The molecule has 0 spiro atoms. The molecule has 1 amide bonds. The molecule has 0 aliphatic heterocycles. The zero-order valence-electron chi connectivity index (χ0n) is 16.3. The van der Waals surface area contributed by atoms with Crippen LogP contribution in [-0.4, -0.2) is 29.3 Å². The summed E-state index contributed by atoms with van der Waals surface area (Å²) >= 11 is 6.26. The number of aryl methyl sites for hydroxylation is 1. The third kappa shape index (κ3) is 4.37. The molecule has 3 aromatic rings. The standard InChI is InChI=1S/C22H24ClN3O2/c1-15-21(16(2)26(25-15)14-18-9-4-6-10-19(18)23)22(27)24-13-12-17-8-5-7-11-20(17)28-3/h4-11H,12-14H2,1-3H3,(H,24,27). The number of carbonyl (C=O) groups is 1. The van der Waals surface area contributed by atoms with Gasteiger partial charge in [-0.2, -0.15) is 5.10 Å². The van der Waals surface area contributed by atoms with Crippen LogP contribution >= 0.6 is 11.6 Å². The summed E-state index contributed by atoms with van der Waals surface area (Å²) in [5, 5.41) is 8.23. The van der Waals surface area contributed by atoms with E-state index in [0.717, 1.165) is 22.6 Å². The first-order valence-corrected chi connectivity index (χ1v) is 9.56. The monoisotopic (exact) mass is 397 g/mol. The van der Waals surface area contributed by atoms with Gasteiger partial charge in [-0.1, -0.05) is 48.0 Å². The molecule has 1 aromatic heterocycles. The maximum absolute atomic E-state index is 12.7. The van der Waals surface area contributed by atoms with Gasteiger partial charge in [0.25, 0.3) is 5.91 Å². The molecule has 146 valence electrons. The summed E-state index contributed by atoms with van der Waals surface area (Å²) in [5.74, 6) is 0.715. The minimum atomic E-state index is -0.115. The number of para-hydroxylation sites is 1. The number of carbonyl (C=O) groups excluding carboxylic acids is 1. The van der Waals surface area contributed by atoms with Gasteiger partial charge in [0.15, 0.2) is 0 Å². The third-order valence-electron chi connectivity index (χ3n) is 4.76. The second kappa shape index (κ2) is 8.93. The Balaban J connectivity index is 1.69. The van der Waals surface area contributed by atoms with E-state index in [4.69, 9.17) is 16.3 Å². The highest BCUT2D eigenvalue weighted by Gasteiger charge is 2.19. The fourth-order valence-corrected chi connectivity index (χ4v) is 3.47. The molecule has 0 unspecified atom stereocenters. The molecule has 2 aromatic carbocycles. The van der Waals surface area contributed by atoms with Crippen LogP contribution in [0.15, 0.2) is 48.5 Å². The van der Waals surface area contributed by atoms with Crippen LogP contribution in [0.1, 0.15) is 32.9 Å². The Bertz CT molecular complexity index is 982. The molecule has 0 aliphatic carbocycles. The van der Waals surface area contributed by atoms with E-state index in [0.29, 0.717) is 35.8 Å². The number of amides is 1. The number of hydrogen-bond donors (Lipinski definition) is 1. The van der Waals surface area contributed by atoms with E-state index in [1.54, 1.807) is 7.11 Å². The van der Waals surface area contributed by atoms with Crippen LogP contribution in [0.2, 0.25) is 5.02 Å². The first-order valence-electron chi connectivity index (χ1n) is 9.18. The molecule has 0 radical (unpaired) electrons. The van der Waals surface area contributed by atoms with Gasteiger partial charge in [0.05, 0.1) is 24.9 Å². The summed E-state index contributed by atoms with van der Waals surface area (Å²) in [6, 6.07) is 15.5. The molecule has 0 aliphatic rings. The Morgan fingerprint density at radius 1 is 1.11 bits per heavy atom. The maximum Gasteiger partial charge on any atom is 0.255 e. The van der Waals surface area contributed by atoms with Crippen molar-refractivity contribution in [1.82, 2.24) is 15.1 Å². The summed E-state index contributed by atoms with van der Waals surface area (Å²) in [7, 11) is 1.65. The van der Waals surface area contributed by atoms with Crippen molar-refractivity contribution in [3.05, 3.63) is 81.6 Å². The molecule has 0 bridgehead atoms. The first-order chi connectivity index (χ1) is 13.5. The topological polar surface area (TPSA) is 56.1 Å². The number of rotatable bonds is 7. The molecule has 0 saturated heterocycles. The largest absolute Gasteiger partial charge is 0.496 e. The van der Waals surface area contributed by atoms with Crippen molar-refractivity contribution in [3.63, 3.8) is 0 Å². The van der Waals surface area contributed by atoms with Crippen LogP contribution in [0.3, 0.4) is 0 Å². The van der Waals surface area contributed by atoms with E-state index in [1.807, 2.05) is 67.1 Å². The third-order valence-corrected chi connectivity index (χ3v) is 5.13. The minimum absolute atomic E-state index is 0.115. The molecule has 28 heavy (non-hydrogen) atoms. The molecule has 1 N–H and O–H groups in total. The Kier molecular flexibility index (Phi) is 6.37. The van der Waals surface area contributed by atoms with Gasteiger partial charge in [-0.05, 0) is 43.5 Å². The van der Waals surface area contributed by atoms with Crippen molar-refractivity contribution in [2.75, 3.05) is 13.7 Å². The Morgan fingerprint density at radius 3 is 2.50 bits per heavy atom. The minimum Gasteiger partial charge on any atom is -0.496 e. The maximum atomic E-state index is 12.7. The molecule has 3 rings (SSSR count). The fourth-order valence-electron chi connectivity index (χ4n) is 3.28. The molecule has 5 nitrogen and oxygen atoms in total. The van der Waals surface area contributed by atoms with Crippen molar-refractivity contribution in [2.24, 2.45) is 0 Å². The summed E-state index contributed by atoms with van der Waals surface area (Å²) in [6.07, 6.45) is 0.696. The van der Waals surface area contributed by atoms with Crippen LogP contribution in [0, 0.1) is 13.8 Å². The van der Waals surface area contributed by atoms with Crippen molar-refractivity contribution in [1.29, 1.82) is 0 Å².